The van der Waals surface area contributed by atoms with Crippen LogP contribution >= 0.6 is 0 Å². The Balaban J connectivity index is 1.81. The van der Waals surface area contributed by atoms with Gasteiger partial charge in [0.15, 0.2) is 5.82 Å². The van der Waals surface area contributed by atoms with E-state index in [4.69, 9.17) is 0 Å². The summed E-state index contributed by atoms with van der Waals surface area (Å²) in [5.41, 5.74) is 0. The van der Waals surface area contributed by atoms with Gasteiger partial charge in [0.05, 0.1) is 0 Å². The highest BCUT2D eigenvalue weighted by molar-refractivity contribution is 4.78. The van der Waals surface area contributed by atoms with E-state index in [0.717, 1.165) is 25.3 Å². The highest BCUT2D eigenvalue weighted by Gasteiger charge is 1.96. The molecule has 1 aromatic heterocycles. The minimum atomic E-state index is 0.786. The van der Waals surface area contributed by atoms with Gasteiger partial charge in [0.25, 0.3) is 0 Å². The smallest absolute Gasteiger partial charge is 0.213 e. The summed E-state index contributed by atoms with van der Waals surface area (Å²) in [4.78, 5) is 3.96. The van der Waals surface area contributed by atoms with Gasteiger partial charge in [-0.2, -0.15) is 4.98 Å². The molecule has 0 fully saturated rings. The molecule has 0 spiro atoms. The first-order valence-corrected chi connectivity index (χ1v) is 5.89. The summed E-state index contributed by atoms with van der Waals surface area (Å²) < 4.78 is 4.65. The number of hydrogen-bond acceptors (Lipinski definition) is 4. The summed E-state index contributed by atoms with van der Waals surface area (Å²) in [6, 6.07) is 0. The Hall–Kier alpha value is -0.900. The van der Waals surface area contributed by atoms with Gasteiger partial charge in [-0.15, -0.1) is 0 Å². The molecule has 0 unspecified atom stereocenters. The molecule has 0 aromatic carbocycles. The molecule has 0 bridgehead atoms. The molecule has 1 rings (SSSR count). The van der Waals surface area contributed by atoms with E-state index in [1.165, 1.54) is 38.5 Å². The van der Waals surface area contributed by atoms with Gasteiger partial charge >= 0.3 is 0 Å². The van der Waals surface area contributed by atoms with Gasteiger partial charge < -0.3 is 9.84 Å². The molecule has 1 aromatic rings. The molecule has 0 radical (unpaired) electrons. The first kappa shape index (κ1) is 12.2. The Morgan fingerprint density at radius 3 is 2.80 bits per heavy atom. The largest absolute Gasteiger partial charge is 0.343 e. The van der Waals surface area contributed by atoms with Crippen LogP contribution in [0.1, 0.15) is 44.9 Å². The molecular formula is C11H21N3O. The zero-order valence-electron chi connectivity index (χ0n) is 9.54. The fourth-order valence-corrected chi connectivity index (χ4v) is 1.48. The minimum Gasteiger partial charge on any atom is -0.343 e. The van der Waals surface area contributed by atoms with Crippen LogP contribution in [0, 0.1) is 0 Å². The van der Waals surface area contributed by atoms with E-state index >= 15 is 0 Å². The minimum absolute atomic E-state index is 0.786. The van der Waals surface area contributed by atoms with E-state index in [2.05, 4.69) is 26.9 Å². The van der Waals surface area contributed by atoms with Crippen LogP contribution in [-0.2, 0) is 6.42 Å². The summed E-state index contributed by atoms with van der Waals surface area (Å²) in [5, 5.41) is 7.13. The molecule has 0 amide bonds. The van der Waals surface area contributed by atoms with Gasteiger partial charge in [-0.05, 0) is 13.0 Å². The molecule has 1 N–H and O–H groups in total. The third-order valence-corrected chi connectivity index (χ3v) is 2.39. The highest BCUT2D eigenvalue weighted by Crippen LogP contribution is 2.00. The SMILES string of the molecule is CCCCCCCNCCc1ncon1. The van der Waals surface area contributed by atoms with E-state index in [-0.39, 0.29) is 0 Å². The van der Waals surface area contributed by atoms with Gasteiger partial charge in [-0.3, -0.25) is 0 Å². The number of aromatic nitrogens is 2. The summed E-state index contributed by atoms with van der Waals surface area (Å²) in [6.45, 7) is 4.28. The molecule has 4 nitrogen and oxygen atoms in total. The summed E-state index contributed by atoms with van der Waals surface area (Å²) >= 11 is 0. The molecule has 0 aliphatic carbocycles. The van der Waals surface area contributed by atoms with Crippen molar-refractivity contribution in [2.75, 3.05) is 13.1 Å². The van der Waals surface area contributed by atoms with Crippen molar-refractivity contribution in [2.24, 2.45) is 0 Å². The molecule has 0 aliphatic rings. The normalized spacial score (nSPS) is 10.7. The van der Waals surface area contributed by atoms with Crippen LogP contribution in [0.4, 0.5) is 0 Å². The average Bonchev–Trinajstić information content (AvgIpc) is 2.75. The molecule has 1 heterocycles. The van der Waals surface area contributed by atoms with E-state index in [0.29, 0.717) is 0 Å². The van der Waals surface area contributed by atoms with E-state index < -0.39 is 0 Å². The van der Waals surface area contributed by atoms with Crippen molar-refractivity contribution in [3.05, 3.63) is 12.2 Å². The monoisotopic (exact) mass is 211 g/mol. The van der Waals surface area contributed by atoms with Crippen molar-refractivity contribution in [1.29, 1.82) is 0 Å². The highest BCUT2D eigenvalue weighted by atomic mass is 16.5. The van der Waals surface area contributed by atoms with Crippen molar-refractivity contribution >= 4 is 0 Å². The second-order valence-corrected chi connectivity index (χ2v) is 3.76. The Kier molecular flexibility index (Phi) is 6.83. The third-order valence-electron chi connectivity index (χ3n) is 2.39. The first-order valence-electron chi connectivity index (χ1n) is 5.89. The van der Waals surface area contributed by atoms with Gasteiger partial charge in [0.1, 0.15) is 0 Å². The Morgan fingerprint density at radius 2 is 2.07 bits per heavy atom. The van der Waals surface area contributed by atoms with Crippen LogP contribution in [-0.4, -0.2) is 23.2 Å². The van der Waals surface area contributed by atoms with Crippen molar-refractivity contribution in [3.63, 3.8) is 0 Å². The van der Waals surface area contributed by atoms with Crippen LogP contribution in [0.3, 0.4) is 0 Å². The molecule has 0 aliphatic heterocycles. The van der Waals surface area contributed by atoms with E-state index in [1.807, 2.05) is 0 Å². The molecule has 86 valence electrons. The lowest BCUT2D eigenvalue weighted by atomic mass is 10.1. The molecule has 15 heavy (non-hydrogen) atoms. The topological polar surface area (TPSA) is 51.0 Å². The predicted molar refractivity (Wildman–Crippen MR) is 59.6 cm³/mol. The summed E-state index contributed by atoms with van der Waals surface area (Å²) in [5.74, 6) is 0.786. The van der Waals surface area contributed by atoms with Crippen molar-refractivity contribution in [1.82, 2.24) is 15.5 Å². The van der Waals surface area contributed by atoms with Gasteiger partial charge in [0.2, 0.25) is 6.39 Å². The maximum atomic E-state index is 4.65. The second-order valence-electron chi connectivity index (χ2n) is 3.76. The average molecular weight is 211 g/mol. The van der Waals surface area contributed by atoms with Crippen molar-refractivity contribution < 1.29 is 4.52 Å². The predicted octanol–water partition coefficient (Wildman–Crippen LogP) is 2.17. The van der Waals surface area contributed by atoms with Gasteiger partial charge in [0, 0.05) is 13.0 Å². The molecule has 4 heteroatoms. The van der Waals surface area contributed by atoms with Crippen LogP contribution in [0.5, 0.6) is 0 Å². The van der Waals surface area contributed by atoms with Gasteiger partial charge in [-0.1, -0.05) is 37.8 Å². The molecule has 0 atom stereocenters. The number of nitrogens with zero attached hydrogens (tertiary/aromatic N) is 2. The zero-order valence-corrected chi connectivity index (χ0v) is 9.54. The number of unbranched alkanes of at least 4 members (excludes halogenated alkanes) is 4. The number of hydrogen-bond donors (Lipinski definition) is 1. The summed E-state index contributed by atoms with van der Waals surface area (Å²) in [6.07, 6.45) is 8.87. The first-order chi connectivity index (χ1) is 7.43. The van der Waals surface area contributed by atoms with Crippen LogP contribution < -0.4 is 5.32 Å². The Morgan fingerprint density at radius 1 is 1.20 bits per heavy atom. The van der Waals surface area contributed by atoms with Gasteiger partial charge in [-0.25, -0.2) is 0 Å². The lowest BCUT2D eigenvalue weighted by molar-refractivity contribution is 0.409. The molecule has 0 saturated carbocycles. The maximum Gasteiger partial charge on any atom is 0.213 e. The standard InChI is InChI=1S/C11H21N3O/c1-2-3-4-5-6-8-12-9-7-11-13-10-15-14-11/h10,12H,2-9H2,1H3. The number of nitrogens with one attached hydrogen (secondary N) is 1. The van der Waals surface area contributed by atoms with E-state index in [1.54, 1.807) is 0 Å². The van der Waals surface area contributed by atoms with Crippen LogP contribution in [0.2, 0.25) is 0 Å². The number of rotatable bonds is 9. The van der Waals surface area contributed by atoms with Crippen LogP contribution in [0.15, 0.2) is 10.9 Å². The molecular weight excluding hydrogens is 190 g/mol. The lowest BCUT2D eigenvalue weighted by Crippen LogP contribution is -2.18. The molecule has 0 saturated heterocycles. The third kappa shape index (κ3) is 6.23. The Labute approximate surface area is 91.5 Å². The van der Waals surface area contributed by atoms with E-state index in [9.17, 15) is 0 Å². The van der Waals surface area contributed by atoms with Crippen molar-refractivity contribution in [2.45, 2.75) is 45.4 Å². The zero-order chi connectivity index (χ0) is 10.8. The maximum absolute atomic E-state index is 4.65. The van der Waals surface area contributed by atoms with Crippen LogP contribution in [0.25, 0.3) is 0 Å². The fraction of sp³-hybridized carbons (Fsp3) is 0.818. The fourth-order valence-electron chi connectivity index (χ4n) is 1.48. The second kappa shape index (κ2) is 8.41. The lowest BCUT2D eigenvalue weighted by Gasteiger charge is -2.02. The summed E-state index contributed by atoms with van der Waals surface area (Å²) in [7, 11) is 0. The quantitative estimate of drug-likeness (QED) is 0.636. The Bertz CT molecular complexity index is 224. The van der Waals surface area contributed by atoms with Crippen molar-refractivity contribution in [3.8, 4) is 0 Å².